The fourth-order valence-corrected chi connectivity index (χ4v) is 2.06. The van der Waals surface area contributed by atoms with Crippen LogP contribution in [-0.4, -0.2) is 9.97 Å². The number of hydrogen-bond acceptors (Lipinski definition) is 2. The lowest BCUT2D eigenvalue weighted by Gasteiger charge is -1.94. The number of aromatic nitrogens is 2. The summed E-state index contributed by atoms with van der Waals surface area (Å²) in [5, 5.41) is 0.772. The van der Waals surface area contributed by atoms with E-state index in [-0.39, 0.29) is 11.1 Å². The van der Waals surface area contributed by atoms with E-state index in [1.165, 1.54) is 0 Å². The molecule has 20 heavy (non-hydrogen) atoms. The number of hydrogen-bond donors (Lipinski definition) is 2. The topological polar surface area (TPSA) is 65.7 Å². The summed E-state index contributed by atoms with van der Waals surface area (Å²) < 4.78 is 0. The number of unbranched alkanes of at least 4 members (excludes halogenated alkanes) is 6. The van der Waals surface area contributed by atoms with Gasteiger partial charge in [-0.15, -0.1) is 0 Å². The van der Waals surface area contributed by atoms with Crippen LogP contribution < -0.4 is 21.8 Å². The molecule has 0 aliphatic rings. The molecule has 0 bridgehead atoms. The van der Waals surface area contributed by atoms with Crippen LogP contribution in [0.25, 0.3) is 12.2 Å². The van der Waals surface area contributed by atoms with Crippen LogP contribution in [0.1, 0.15) is 65.2 Å². The van der Waals surface area contributed by atoms with Crippen LogP contribution in [-0.2, 0) is 0 Å². The first kappa shape index (κ1) is 16.5. The molecule has 0 fully saturated rings. The molecule has 0 amide bonds. The maximum absolute atomic E-state index is 11.9. The molecule has 1 aromatic heterocycles. The van der Waals surface area contributed by atoms with E-state index < -0.39 is 0 Å². The predicted octanol–water partition coefficient (Wildman–Crippen LogP) is 1.78. The van der Waals surface area contributed by atoms with Crippen LogP contribution >= 0.6 is 0 Å². The summed E-state index contributed by atoms with van der Waals surface area (Å²) in [5.41, 5.74) is -0.411. The maximum atomic E-state index is 11.9. The molecule has 0 radical (unpaired) electrons. The van der Waals surface area contributed by atoms with Gasteiger partial charge in [0.05, 0.1) is 0 Å². The zero-order chi connectivity index (χ0) is 14.8. The second-order valence-corrected chi connectivity index (χ2v) is 5.14. The van der Waals surface area contributed by atoms with Gasteiger partial charge in [-0.05, 0) is 25.7 Å². The minimum atomic E-state index is -0.206. The highest BCUT2D eigenvalue weighted by atomic mass is 16.1. The Kier molecular flexibility index (Phi) is 7.70. The molecule has 0 aromatic carbocycles. The normalized spacial score (nSPS) is 13.1. The molecular weight excluding hydrogens is 252 g/mol. The molecule has 0 aliphatic heterocycles. The lowest BCUT2D eigenvalue weighted by Crippen LogP contribution is -2.46. The average molecular weight is 278 g/mol. The van der Waals surface area contributed by atoms with Crippen LogP contribution in [0, 0.1) is 0 Å². The Balaban J connectivity index is 2.86. The first-order valence-corrected chi connectivity index (χ1v) is 7.72. The van der Waals surface area contributed by atoms with Gasteiger partial charge in [0.25, 0.3) is 11.1 Å². The van der Waals surface area contributed by atoms with E-state index in [2.05, 4.69) is 23.8 Å². The lowest BCUT2D eigenvalue weighted by molar-refractivity contribution is 0.738. The van der Waals surface area contributed by atoms with E-state index in [0.717, 1.165) is 51.4 Å². The van der Waals surface area contributed by atoms with Crippen LogP contribution in [0.5, 0.6) is 0 Å². The second kappa shape index (κ2) is 9.34. The van der Waals surface area contributed by atoms with Gasteiger partial charge < -0.3 is 9.97 Å². The van der Waals surface area contributed by atoms with E-state index in [4.69, 9.17) is 0 Å². The van der Waals surface area contributed by atoms with Crippen molar-refractivity contribution in [3.05, 3.63) is 31.4 Å². The van der Waals surface area contributed by atoms with Crippen molar-refractivity contribution in [3.63, 3.8) is 0 Å². The number of nitrogens with one attached hydrogen (secondary N) is 2. The summed E-state index contributed by atoms with van der Waals surface area (Å²) in [6, 6.07) is 0. The van der Waals surface area contributed by atoms with Gasteiger partial charge in [0.15, 0.2) is 0 Å². The van der Waals surface area contributed by atoms with Gasteiger partial charge in [0, 0.05) is 0 Å². The van der Waals surface area contributed by atoms with Gasteiger partial charge in [0.1, 0.15) is 10.7 Å². The van der Waals surface area contributed by atoms with Crippen molar-refractivity contribution >= 4 is 12.2 Å². The van der Waals surface area contributed by atoms with Gasteiger partial charge in [-0.25, -0.2) is 0 Å². The molecular formula is C16H26N2O2. The van der Waals surface area contributed by atoms with Crippen molar-refractivity contribution in [2.75, 3.05) is 0 Å². The fourth-order valence-electron chi connectivity index (χ4n) is 2.06. The Morgan fingerprint density at radius 2 is 1.15 bits per heavy atom. The van der Waals surface area contributed by atoms with E-state index in [1.807, 2.05) is 12.2 Å². The van der Waals surface area contributed by atoms with E-state index in [9.17, 15) is 9.59 Å². The molecule has 0 atom stereocenters. The molecule has 0 saturated carbocycles. The van der Waals surface area contributed by atoms with Crippen molar-refractivity contribution in [3.8, 4) is 0 Å². The van der Waals surface area contributed by atoms with Crippen molar-refractivity contribution in [1.29, 1.82) is 0 Å². The second-order valence-electron chi connectivity index (χ2n) is 5.14. The predicted molar refractivity (Wildman–Crippen MR) is 84.1 cm³/mol. The summed E-state index contributed by atoms with van der Waals surface area (Å²) in [6.45, 7) is 4.27. The van der Waals surface area contributed by atoms with Gasteiger partial charge in [-0.3, -0.25) is 9.59 Å². The van der Waals surface area contributed by atoms with Crippen LogP contribution in [0.4, 0.5) is 0 Å². The molecule has 1 rings (SSSR count). The minimum Gasteiger partial charge on any atom is -0.316 e. The van der Waals surface area contributed by atoms with Gasteiger partial charge in [0.2, 0.25) is 0 Å². The number of rotatable bonds is 8. The van der Waals surface area contributed by atoms with Crippen LogP contribution in [0.15, 0.2) is 9.59 Å². The van der Waals surface area contributed by atoms with Crippen LogP contribution in [0.2, 0.25) is 0 Å². The van der Waals surface area contributed by atoms with Gasteiger partial charge >= 0.3 is 0 Å². The first-order valence-electron chi connectivity index (χ1n) is 7.72. The first-order chi connectivity index (χ1) is 9.69. The van der Waals surface area contributed by atoms with E-state index in [0.29, 0.717) is 10.7 Å². The number of H-pyrrole nitrogens is 2. The summed E-state index contributed by atoms with van der Waals surface area (Å²) in [7, 11) is 0. The Morgan fingerprint density at radius 1 is 0.750 bits per heavy atom. The molecule has 0 aliphatic carbocycles. The Hall–Kier alpha value is -1.58. The highest BCUT2D eigenvalue weighted by Crippen LogP contribution is 1.98. The summed E-state index contributed by atoms with van der Waals surface area (Å²) >= 11 is 0. The highest BCUT2D eigenvalue weighted by molar-refractivity contribution is 5.20. The monoisotopic (exact) mass is 278 g/mol. The Labute approximate surface area is 119 Å². The molecule has 2 N–H and O–H groups in total. The molecule has 0 saturated heterocycles. The molecule has 1 heterocycles. The van der Waals surface area contributed by atoms with Gasteiger partial charge in [-0.1, -0.05) is 51.7 Å². The Morgan fingerprint density at radius 3 is 1.50 bits per heavy atom. The molecule has 4 heteroatoms. The summed E-state index contributed by atoms with van der Waals surface area (Å²) in [6.07, 6.45) is 11.9. The van der Waals surface area contributed by atoms with E-state index >= 15 is 0 Å². The highest BCUT2D eigenvalue weighted by Gasteiger charge is 1.95. The third-order valence-electron chi connectivity index (χ3n) is 3.30. The zero-order valence-corrected chi connectivity index (χ0v) is 12.6. The molecule has 0 spiro atoms. The summed E-state index contributed by atoms with van der Waals surface area (Å²) in [4.78, 5) is 29.1. The molecule has 0 unspecified atom stereocenters. The molecule has 112 valence electrons. The van der Waals surface area contributed by atoms with Crippen LogP contribution in [0.3, 0.4) is 0 Å². The average Bonchev–Trinajstić information content (AvgIpc) is 2.44. The molecule has 1 aromatic rings. The summed E-state index contributed by atoms with van der Waals surface area (Å²) in [5.74, 6) is 0. The third kappa shape index (κ3) is 5.59. The van der Waals surface area contributed by atoms with Crippen molar-refractivity contribution in [1.82, 2.24) is 9.97 Å². The Bertz CT molecular complexity index is 555. The number of aromatic amines is 2. The van der Waals surface area contributed by atoms with Gasteiger partial charge in [-0.2, -0.15) is 0 Å². The van der Waals surface area contributed by atoms with Crippen molar-refractivity contribution in [2.45, 2.75) is 65.2 Å². The minimum absolute atomic E-state index is 0.206. The smallest absolute Gasteiger partial charge is 0.271 e. The zero-order valence-electron chi connectivity index (χ0n) is 12.6. The van der Waals surface area contributed by atoms with Crippen molar-refractivity contribution < 1.29 is 0 Å². The maximum Gasteiger partial charge on any atom is 0.271 e. The standard InChI is InChI=1S/C16H26N2O2/c1-3-5-7-9-11-13-15(19)18-14(16(20)17-13)12-10-8-6-4-2/h11-12H,3-10H2,1-2H3,(H,17,20)(H,18,19)/b13-11+,14-12+. The largest absolute Gasteiger partial charge is 0.316 e. The quantitative estimate of drug-likeness (QED) is 0.712. The lowest BCUT2D eigenvalue weighted by atomic mass is 10.2. The molecule has 4 nitrogen and oxygen atoms in total. The third-order valence-corrected chi connectivity index (χ3v) is 3.30. The SMILES string of the molecule is CCCCC/C=c1/[nH]c(=O)/c(=C\CCCCC)[nH]c1=O. The van der Waals surface area contributed by atoms with E-state index in [1.54, 1.807) is 0 Å². The fraction of sp³-hybridized carbons (Fsp3) is 0.625. The van der Waals surface area contributed by atoms with Crippen molar-refractivity contribution in [2.24, 2.45) is 0 Å².